The van der Waals surface area contributed by atoms with Gasteiger partial charge < -0.3 is 9.53 Å². The van der Waals surface area contributed by atoms with E-state index >= 15 is 0 Å². The molecule has 1 aliphatic rings. The lowest BCUT2D eigenvalue weighted by Crippen LogP contribution is -2.46. The largest absolute Gasteiger partial charge is 0.465 e. The summed E-state index contributed by atoms with van der Waals surface area (Å²) < 4.78 is 6.17. The highest BCUT2D eigenvalue weighted by molar-refractivity contribution is 6.74. The van der Waals surface area contributed by atoms with Gasteiger partial charge in [-0.2, -0.15) is 0 Å². The molecule has 22 heavy (non-hydrogen) atoms. The molecule has 6 heteroatoms. The van der Waals surface area contributed by atoms with E-state index in [1.165, 1.54) is 0 Å². The third-order valence-electron chi connectivity index (χ3n) is 5.67. The van der Waals surface area contributed by atoms with E-state index in [1.807, 2.05) is 13.8 Å². The lowest BCUT2D eigenvalue weighted by atomic mass is 9.80. The zero-order valence-corrected chi connectivity index (χ0v) is 16.0. The van der Waals surface area contributed by atoms with E-state index in [4.69, 9.17) is 4.43 Å². The molecule has 128 valence electrons. The molecule has 1 heterocycles. The fourth-order valence-electron chi connectivity index (χ4n) is 2.79. The van der Waals surface area contributed by atoms with Crippen LogP contribution < -0.4 is 0 Å². The Morgan fingerprint density at radius 1 is 1.36 bits per heavy atom. The van der Waals surface area contributed by atoms with Crippen molar-refractivity contribution in [3.63, 3.8) is 0 Å². The highest BCUT2D eigenvalue weighted by Crippen LogP contribution is 2.43. The summed E-state index contributed by atoms with van der Waals surface area (Å²) in [6, 6.07) is -0.362. The van der Waals surface area contributed by atoms with E-state index in [2.05, 4.69) is 33.9 Å². The number of carboxylic acid groups (broad SMARTS) is 1. The number of likely N-dealkylation sites (tertiary alicyclic amines) is 1. The van der Waals surface area contributed by atoms with E-state index in [0.717, 1.165) is 4.90 Å². The molecule has 1 rings (SSSR count). The summed E-state index contributed by atoms with van der Waals surface area (Å²) in [6.07, 6.45) is 0.753. The monoisotopic (exact) mass is 329 g/mol. The zero-order valence-electron chi connectivity index (χ0n) is 15.0. The lowest BCUT2D eigenvalue weighted by Gasteiger charge is -2.37. The topological polar surface area (TPSA) is 66.8 Å². The van der Waals surface area contributed by atoms with Crippen LogP contribution in [0.1, 0.15) is 53.9 Å². The molecule has 0 aromatic rings. The minimum atomic E-state index is -1.96. The van der Waals surface area contributed by atoms with Crippen LogP contribution in [0.15, 0.2) is 0 Å². The van der Waals surface area contributed by atoms with Gasteiger partial charge in [0, 0.05) is 0 Å². The third kappa shape index (κ3) is 3.38. The van der Waals surface area contributed by atoms with Gasteiger partial charge in [-0.15, -0.1) is 0 Å². The Balaban J connectivity index is 2.94. The van der Waals surface area contributed by atoms with Crippen LogP contribution in [0.4, 0.5) is 4.79 Å². The highest BCUT2D eigenvalue weighted by Gasteiger charge is 2.52. The first kappa shape index (κ1) is 19.2. The molecule has 5 nitrogen and oxygen atoms in total. The maximum atomic E-state index is 12.6. The SMILES string of the molecule is CCC1(CC)C[C@H](CO[Si](C)(C)C(C)(C)C)N(C(=O)O)C1=O. The summed E-state index contributed by atoms with van der Waals surface area (Å²) >= 11 is 0. The number of rotatable bonds is 5. The van der Waals surface area contributed by atoms with Crippen LogP contribution in [0.25, 0.3) is 0 Å². The molecule has 0 aliphatic carbocycles. The highest BCUT2D eigenvalue weighted by atomic mass is 28.4. The van der Waals surface area contributed by atoms with Gasteiger partial charge in [-0.25, -0.2) is 9.69 Å². The molecule has 0 aromatic carbocycles. The second-order valence-corrected chi connectivity index (χ2v) is 12.7. The van der Waals surface area contributed by atoms with Gasteiger partial charge in [0.15, 0.2) is 8.32 Å². The molecule has 0 saturated carbocycles. The average Bonchev–Trinajstić information content (AvgIpc) is 2.68. The van der Waals surface area contributed by atoms with Gasteiger partial charge in [0.2, 0.25) is 5.91 Å². The number of carbonyl (C=O) groups is 2. The molecular weight excluding hydrogens is 298 g/mol. The summed E-state index contributed by atoms with van der Waals surface area (Å²) in [6.45, 7) is 15.0. The zero-order chi connectivity index (χ0) is 17.3. The maximum absolute atomic E-state index is 12.6. The molecule has 1 atom stereocenters. The maximum Gasteiger partial charge on any atom is 0.414 e. The molecule has 1 N–H and O–H groups in total. The van der Waals surface area contributed by atoms with Crippen LogP contribution in [0.5, 0.6) is 0 Å². The van der Waals surface area contributed by atoms with Crippen molar-refractivity contribution in [2.24, 2.45) is 5.41 Å². The van der Waals surface area contributed by atoms with Gasteiger partial charge in [0.1, 0.15) is 0 Å². The molecule has 0 aromatic heterocycles. The summed E-state index contributed by atoms with van der Waals surface area (Å²) in [5, 5.41) is 9.49. The normalized spacial score (nSPS) is 22.2. The quantitative estimate of drug-likeness (QED) is 0.771. The smallest absolute Gasteiger partial charge is 0.414 e. The molecular formula is C16H31NO4Si. The van der Waals surface area contributed by atoms with Crippen molar-refractivity contribution in [2.75, 3.05) is 6.61 Å². The number of carbonyl (C=O) groups excluding carboxylic acids is 1. The molecule has 0 spiro atoms. The number of hydrogen-bond acceptors (Lipinski definition) is 3. The predicted molar refractivity (Wildman–Crippen MR) is 89.4 cm³/mol. The molecule has 1 fully saturated rings. The van der Waals surface area contributed by atoms with E-state index in [9.17, 15) is 14.7 Å². The van der Waals surface area contributed by atoms with Crippen LogP contribution >= 0.6 is 0 Å². The third-order valence-corrected chi connectivity index (χ3v) is 10.2. The van der Waals surface area contributed by atoms with E-state index in [0.29, 0.717) is 25.9 Å². The summed E-state index contributed by atoms with van der Waals surface area (Å²) in [4.78, 5) is 25.1. The Hall–Kier alpha value is -0.883. The lowest BCUT2D eigenvalue weighted by molar-refractivity contribution is -0.135. The fourth-order valence-corrected chi connectivity index (χ4v) is 3.83. The van der Waals surface area contributed by atoms with E-state index in [1.54, 1.807) is 0 Å². The summed E-state index contributed by atoms with van der Waals surface area (Å²) in [5.74, 6) is -0.256. The molecule has 0 unspecified atom stereocenters. The second kappa shape index (κ2) is 6.32. The van der Waals surface area contributed by atoms with Crippen molar-refractivity contribution < 1.29 is 19.1 Å². The molecule has 1 aliphatic heterocycles. The first-order chi connectivity index (χ1) is 9.92. The number of hydrogen-bond donors (Lipinski definition) is 1. The van der Waals surface area contributed by atoms with E-state index < -0.39 is 19.8 Å². The van der Waals surface area contributed by atoms with Crippen LogP contribution in [0, 0.1) is 5.41 Å². The second-order valence-electron chi connectivity index (χ2n) is 7.87. The van der Waals surface area contributed by atoms with Gasteiger partial charge in [-0.3, -0.25) is 4.79 Å². The molecule has 2 amide bonds. The molecule has 0 radical (unpaired) electrons. The summed E-state index contributed by atoms with van der Waals surface area (Å²) in [7, 11) is -1.96. The van der Waals surface area contributed by atoms with Gasteiger partial charge in [-0.05, 0) is 37.4 Å². The van der Waals surface area contributed by atoms with Crippen molar-refractivity contribution in [3.8, 4) is 0 Å². The standard InChI is InChI=1S/C16H31NO4Si/c1-8-16(9-2)10-12(17(13(16)18)14(19)20)11-21-22(6,7)15(3,4)5/h12H,8-11H2,1-7H3,(H,19,20)/t12-/m1/s1. The average molecular weight is 330 g/mol. The molecule has 0 bridgehead atoms. The fraction of sp³-hybridized carbons (Fsp3) is 0.875. The molecule has 1 saturated heterocycles. The Morgan fingerprint density at radius 2 is 1.86 bits per heavy atom. The van der Waals surface area contributed by atoms with Crippen LogP contribution in [0.3, 0.4) is 0 Å². The van der Waals surface area contributed by atoms with Crippen molar-refractivity contribution >= 4 is 20.3 Å². The number of amides is 2. The predicted octanol–water partition coefficient (Wildman–Crippen LogP) is 4.09. The van der Waals surface area contributed by atoms with Crippen molar-refractivity contribution in [1.29, 1.82) is 0 Å². The van der Waals surface area contributed by atoms with Gasteiger partial charge in [-0.1, -0.05) is 34.6 Å². The first-order valence-electron chi connectivity index (χ1n) is 8.12. The minimum absolute atomic E-state index is 0.0657. The van der Waals surface area contributed by atoms with E-state index in [-0.39, 0.29) is 17.0 Å². The van der Waals surface area contributed by atoms with Crippen molar-refractivity contribution in [3.05, 3.63) is 0 Å². The Bertz CT molecular complexity index is 438. The first-order valence-corrected chi connectivity index (χ1v) is 11.0. The van der Waals surface area contributed by atoms with Gasteiger partial charge >= 0.3 is 6.09 Å². The Labute approximate surface area is 135 Å². The Kier molecular flexibility index (Phi) is 5.50. The van der Waals surface area contributed by atoms with Crippen molar-refractivity contribution in [2.45, 2.75) is 78.1 Å². The van der Waals surface area contributed by atoms with Gasteiger partial charge in [0.25, 0.3) is 0 Å². The van der Waals surface area contributed by atoms with Gasteiger partial charge in [0.05, 0.1) is 18.1 Å². The van der Waals surface area contributed by atoms with Crippen LogP contribution in [-0.2, 0) is 9.22 Å². The number of imide groups is 1. The van der Waals surface area contributed by atoms with Crippen LogP contribution in [0.2, 0.25) is 18.1 Å². The minimum Gasteiger partial charge on any atom is -0.465 e. The van der Waals surface area contributed by atoms with Crippen LogP contribution in [-0.4, -0.2) is 43.0 Å². The Morgan fingerprint density at radius 3 is 2.23 bits per heavy atom. The van der Waals surface area contributed by atoms with Crippen molar-refractivity contribution in [1.82, 2.24) is 4.90 Å². The number of nitrogens with zero attached hydrogens (tertiary/aromatic N) is 1. The summed E-state index contributed by atoms with van der Waals surface area (Å²) in [5.41, 5.74) is -0.542.